The molecular formula is C18H21ClN4OS. The molecule has 25 heavy (non-hydrogen) atoms. The molecule has 3 rings (SSSR count). The Bertz CT molecular complexity index is 886. The van der Waals surface area contributed by atoms with Gasteiger partial charge in [-0.25, -0.2) is 0 Å². The third-order valence-electron chi connectivity index (χ3n) is 4.03. The number of rotatable bonds is 7. The van der Waals surface area contributed by atoms with Gasteiger partial charge in [0.25, 0.3) is 5.91 Å². The van der Waals surface area contributed by atoms with Crippen LogP contribution in [0.5, 0.6) is 0 Å². The smallest absolute Gasteiger partial charge is 0.261 e. The Morgan fingerprint density at radius 2 is 2.16 bits per heavy atom. The Morgan fingerprint density at radius 3 is 2.92 bits per heavy atom. The molecule has 0 spiro atoms. The van der Waals surface area contributed by atoms with Crippen molar-refractivity contribution in [2.75, 3.05) is 13.1 Å². The maximum atomic E-state index is 12.3. The molecule has 3 N–H and O–H groups in total. The average molecular weight is 377 g/mol. The monoisotopic (exact) mass is 376 g/mol. The van der Waals surface area contributed by atoms with Crippen molar-refractivity contribution < 1.29 is 4.79 Å². The van der Waals surface area contributed by atoms with Crippen LogP contribution < -0.4 is 11.1 Å². The summed E-state index contributed by atoms with van der Waals surface area (Å²) in [4.78, 5) is 14.0. The molecule has 0 radical (unpaired) electrons. The number of fused-ring (bicyclic) bond motifs is 1. The summed E-state index contributed by atoms with van der Waals surface area (Å²) in [5, 5.41) is 9.28. The van der Waals surface area contributed by atoms with Crippen molar-refractivity contribution in [3.05, 3.63) is 51.5 Å². The van der Waals surface area contributed by atoms with E-state index in [4.69, 9.17) is 17.3 Å². The van der Waals surface area contributed by atoms with E-state index in [0.29, 0.717) is 24.5 Å². The van der Waals surface area contributed by atoms with Crippen molar-refractivity contribution >= 4 is 39.1 Å². The number of nitrogens with zero attached hydrogens (tertiary/aromatic N) is 2. The molecule has 0 aliphatic heterocycles. The molecule has 5 nitrogen and oxygen atoms in total. The second-order valence-electron chi connectivity index (χ2n) is 5.92. The summed E-state index contributed by atoms with van der Waals surface area (Å²) in [5.74, 6) is -0.0399. The average Bonchev–Trinajstić information content (AvgIpc) is 3.15. The van der Waals surface area contributed by atoms with E-state index in [1.54, 1.807) is 0 Å². The van der Waals surface area contributed by atoms with Gasteiger partial charge in [0, 0.05) is 17.0 Å². The lowest BCUT2D eigenvalue weighted by molar-refractivity contribution is 0.0957. The number of aromatic nitrogens is 2. The SMILES string of the molecule is Cc1nn(Cc2ccccc2Cl)c2sc(C(=O)NCCCCN)cc12. The first-order valence-corrected chi connectivity index (χ1v) is 9.48. The predicted octanol–water partition coefficient (Wildman–Crippen LogP) is 3.58. The van der Waals surface area contributed by atoms with E-state index in [1.807, 2.05) is 41.9 Å². The molecule has 132 valence electrons. The molecule has 0 fully saturated rings. The lowest BCUT2D eigenvalue weighted by Crippen LogP contribution is -2.24. The quantitative estimate of drug-likeness (QED) is 0.619. The second kappa shape index (κ2) is 7.99. The zero-order valence-corrected chi connectivity index (χ0v) is 15.7. The number of halogens is 1. The molecular weight excluding hydrogens is 356 g/mol. The molecule has 0 bridgehead atoms. The van der Waals surface area contributed by atoms with E-state index in [9.17, 15) is 4.79 Å². The minimum atomic E-state index is -0.0399. The number of aryl methyl sites for hydroxylation is 1. The third kappa shape index (κ3) is 4.03. The molecule has 0 aliphatic rings. The van der Waals surface area contributed by atoms with Gasteiger partial charge in [-0.15, -0.1) is 11.3 Å². The van der Waals surface area contributed by atoms with Crippen molar-refractivity contribution in [2.24, 2.45) is 5.73 Å². The van der Waals surface area contributed by atoms with Crippen LogP contribution in [0.1, 0.15) is 33.8 Å². The molecule has 2 heterocycles. The van der Waals surface area contributed by atoms with Gasteiger partial charge < -0.3 is 11.1 Å². The standard InChI is InChI=1S/C18H21ClN4OS/c1-12-14-10-16(17(24)21-9-5-4-8-20)25-18(14)23(22-12)11-13-6-2-3-7-15(13)19/h2-3,6-7,10H,4-5,8-9,11,20H2,1H3,(H,21,24). The number of hydrogen-bond donors (Lipinski definition) is 2. The molecule has 7 heteroatoms. The highest BCUT2D eigenvalue weighted by atomic mass is 35.5. The molecule has 1 amide bonds. The van der Waals surface area contributed by atoms with Crippen LogP contribution in [0.2, 0.25) is 5.02 Å². The normalized spacial score (nSPS) is 11.2. The van der Waals surface area contributed by atoms with Crippen LogP contribution >= 0.6 is 22.9 Å². The first-order chi connectivity index (χ1) is 12.1. The van der Waals surface area contributed by atoms with E-state index in [-0.39, 0.29) is 5.91 Å². The van der Waals surface area contributed by atoms with E-state index in [2.05, 4.69) is 10.4 Å². The van der Waals surface area contributed by atoms with Crippen LogP contribution in [-0.4, -0.2) is 28.8 Å². The Balaban J connectivity index is 1.81. The van der Waals surface area contributed by atoms with Crippen molar-refractivity contribution in [2.45, 2.75) is 26.3 Å². The molecule has 3 aromatic rings. The highest BCUT2D eigenvalue weighted by molar-refractivity contribution is 7.20. The van der Waals surface area contributed by atoms with Gasteiger partial charge in [0.2, 0.25) is 0 Å². The van der Waals surface area contributed by atoms with Gasteiger partial charge in [-0.2, -0.15) is 5.10 Å². The van der Waals surface area contributed by atoms with Crippen molar-refractivity contribution in [3.63, 3.8) is 0 Å². The van der Waals surface area contributed by atoms with Crippen molar-refractivity contribution in [1.82, 2.24) is 15.1 Å². The molecule has 1 aromatic carbocycles. The maximum Gasteiger partial charge on any atom is 0.261 e. The number of amides is 1. The van der Waals surface area contributed by atoms with Gasteiger partial charge in [-0.3, -0.25) is 9.48 Å². The molecule has 0 aliphatic carbocycles. The number of benzene rings is 1. The lowest BCUT2D eigenvalue weighted by atomic mass is 10.2. The summed E-state index contributed by atoms with van der Waals surface area (Å²) in [7, 11) is 0. The van der Waals surface area contributed by atoms with Gasteiger partial charge in [0.1, 0.15) is 4.83 Å². The predicted molar refractivity (Wildman–Crippen MR) is 104 cm³/mol. The number of carbonyl (C=O) groups is 1. The number of carbonyl (C=O) groups excluding carboxylic acids is 1. The van der Waals surface area contributed by atoms with Crippen molar-refractivity contribution in [3.8, 4) is 0 Å². The highest BCUT2D eigenvalue weighted by Crippen LogP contribution is 2.29. The summed E-state index contributed by atoms with van der Waals surface area (Å²) >= 11 is 7.72. The zero-order valence-electron chi connectivity index (χ0n) is 14.1. The largest absolute Gasteiger partial charge is 0.351 e. The highest BCUT2D eigenvalue weighted by Gasteiger charge is 2.16. The van der Waals surface area contributed by atoms with Crippen LogP contribution in [0, 0.1) is 6.92 Å². The van der Waals surface area contributed by atoms with Crippen LogP contribution in [0.3, 0.4) is 0 Å². The maximum absolute atomic E-state index is 12.3. The topological polar surface area (TPSA) is 72.9 Å². The number of unbranched alkanes of at least 4 members (excludes halogenated alkanes) is 1. The van der Waals surface area contributed by atoms with Crippen LogP contribution in [0.25, 0.3) is 10.2 Å². The molecule has 0 saturated heterocycles. The number of hydrogen-bond acceptors (Lipinski definition) is 4. The summed E-state index contributed by atoms with van der Waals surface area (Å²) in [6.45, 7) is 3.84. The molecule has 0 atom stereocenters. The minimum Gasteiger partial charge on any atom is -0.351 e. The van der Waals surface area contributed by atoms with Crippen LogP contribution in [0.4, 0.5) is 0 Å². The summed E-state index contributed by atoms with van der Waals surface area (Å²) in [6.07, 6.45) is 1.81. The van der Waals surface area contributed by atoms with Gasteiger partial charge in [0.15, 0.2) is 0 Å². The fraction of sp³-hybridized carbons (Fsp3) is 0.333. The van der Waals surface area contributed by atoms with Crippen LogP contribution in [-0.2, 0) is 6.54 Å². The Labute approximate surface area is 155 Å². The van der Waals surface area contributed by atoms with Crippen LogP contribution in [0.15, 0.2) is 30.3 Å². The van der Waals surface area contributed by atoms with E-state index < -0.39 is 0 Å². The van der Waals surface area contributed by atoms with E-state index in [1.165, 1.54) is 11.3 Å². The van der Waals surface area contributed by atoms with Gasteiger partial charge in [-0.05, 0) is 44.0 Å². The Morgan fingerprint density at radius 1 is 1.36 bits per heavy atom. The van der Waals surface area contributed by atoms with Gasteiger partial charge in [0.05, 0.1) is 17.1 Å². The third-order valence-corrected chi connectivity index (χ3v) is 5.54. The minimum absolute atomic E-state index is 0.0399. The number of nitrogens with two attached hydrogens (primary N) is 1. The summed E-state index contributed by atoms with van der Waals surface area (Å²) in [5.41, 5.74) is 7.40. The fourth-order valence-electron chi connectivity index (χ4n) is 2.68. The van der Waals surface area contributed by atoms with E-state index >= 15 is 0 Å². The zero-order chi connectivity index (χ0) is 17.8. The Hall–Kier alpha value is -1.89. The first-order valence-electron chi connectivity index (χ1n) is 8.28. The van der Waals surface area contributed by atoms with E-state index in [0.717, 1.165) is 39.3 Å². The number of nitrogens with one attached hydrogen (secondary N) is 1. The fourth-order valence-corrected chi connectivity index (χ4v) is 3.95. The molecule has 0 saturated carbocycles. The van der Waals surface area contributed by atoms with Crippen molar-refractivity contribution in [1.29, 1.82) is 0 Å². The molecule has 2 aromatic heterocycles. The lowest BCUT2D eigenvalue weighted by Gasteiger charge is -2.05. The molecule has 0 unspecified atom stereocenters. The van der Waals surface area contributed by atoms with Gasteiger partial charge >= 0.3 is 0 Å². The first kappa shape index (κ1) is 17.9. The van der Waals surface area contributed by atoms with Gasteiger partial charge in [-0.1, -0.05) is 29.8 Å². The number of thiophene rings is 1. The Kier molecular flexibility index (Phi) is 5.73. The summed E-state index contributed by atoms with van der Waals surface area (Å²) < 4.78 is 1.92. The second-order valence-corrected chi connectivity index (χ2v) is 7.35. The summed E-state index contributed by atoms with van der Waals surface area (Å²) in [6, 6.07) is 9.66.